The standard InChI is InChI=1S/C7H12N2O/c1-7(2,3)6-8-4-5(10)9-6/h4,10H,1-3H3,(H,8,9). The third-order valence-electron chi connectivity index (χ3n) is 1.27. The molecule has 0 unspecified atom stereocenters. The Morgan fingerprint density at radius 2 is 2.10 bits per heavy atom. The van der Waals surface area contributed by atoms with Crippen LogP contribution in [0.15, 0.2) is 6.20 Å². The van der Waals surface area contributed by atoms with Crippen molar-refractivity contribution >= 4 is 0 Å². The minimum Gasteiger partial charge on any atom is -0.493 e. The Kier molecular flexibility index (Phi) is 1.43. The van der Waals surface area contributed by atoms with Gasteiger partial charge in [-0.2, -0.15) is 0 Å². The van der Waals surface area contributed by atoms with Crippen molar-refractivity contribution in [2.75, 3.05) is 0 Å². The number of aromatic hydroxyl groups is 1. The summed E-state index contributed by atoms with van der Waals surface area (Å²) in [5, 5.41) is 8.90. The minimum absolute atomic E-state index is 0.0129. The summed E-state index contributed by atoms with van der Waals surface area (Å²) in [5.41, 5.74) is -0.0129. The van der Waals surface area contributed by atoms with Gasteiger partial charge in [-0.3, -0.25) is 0 Å². The fourth-order valence-corrected chi connectivity index (χ4v) is 0.693. The van der Waals surface area contributed by atoms with Crippen LogP contribution in [0.2, 0.25) is 0 Å². The van der Waals surface area contributed by atoms with Gasteiger partial charge in [0.15, 0.2) is 0 Å². The predicted octanol–water partition coefficient (Wildman–Crippen LogP) is 1.41. The number of aromatic nitrogens is 2. The Hall–Kier alpha value is -0.990. The van der Waals surface area contributed by atoms with Crippen molar-refractivity contribution in [1.82, 2.24) is 9.97 Å². The average Bonchev–Trinajstić information content (AvgIpc) is 2.11. The largest absolute Gasteiger partial charge is 0.493 e. The van der Waals surface area contributed by atoms with Crippen molar-refractivity contribution < 1.29 is 5.11 Å². The fourth-order valence-electron chi connectivity index (χ4n) is 0.693. The second kappa shape index (κ2) is 2.01. The van der Waals surface area contributed by atoms with E-state index in [1.807, 2.05) is 20.8 Å². The van der Waals surface area contributed by atoms with Gasteiger partial charge in [-0.1, -0.05) is 20.8 Å². The maximum atomic E-state index is 8.90. The molecule has 0 aliphatic heterocycles. The first-order chi connectivity index (χ1) is 4.50. The van der Waals surface area contributed by atoms with E-state index >= 15 is 0 Å². The lowest BCUT2D eigenvalue weighted by atomic mass is 9.96. The molecule has 0 spiro atoms. The summed E-state index contributed by atoms with van der Waals surface area (Å²) in [5.74, 6) is 0.940. The number of aromatic amines is 1. The van der Waals surface area contributed by atoms with Crippen LogP contribution in [0.4, 0.5) is 0 Å². The zero-order valence-corrected chi connectivity index (χ0v) is 6.47. The van der Waals surface area contributed by atoms with E-state index in [9.17, 15) is 0 Å². The van der Waals surface area contributed by atoms with Crippen molar-refractivity contribution in [2.45, 2.75) is 26.2 Å². The Bertz CT molecular complexity index is 222. The smallest absolute Gasteiger partial charge is 0.208 e. The Morgan fingerprint density at radius 1 is 1.50 bits per heavy atom. The van der Waals surface area contributed by atoms with Crippen LogP contribution in [0.1, 0.15) is 26.6 Å². The van der Waals surface area contributed by atoms with Gasteiger partial charge < -0.3 is 10.1 Å². The van der Waals surface area contributed by atoms with Gasteiger partial charge in [0.25, 0.3) is 0 Å². The van der Waals surface area contributed by atoms with Crippen molar-refractivity contribution in [2.24, 2.45) is 0 Å². The molecule has 1 heterocycles. The van der Waals surface area contributed by atoms with Crippen LogP contribution >= 0.6 is 0 Å². The number of nitrogens with zero attached hydrogens (tertiary/aromatic N) is 1. The van der Waals surface area contributed by atoms with E-state index in [1.54, 1.807) is 0 Å². The summed E-state index contributed by atoms with van der Waals surface area (Å²) >= 11 is 0. The molecule has 0 saturated carbocycles. The molecule has 56 valence electrons. The number of imidazole rings is 1. The number of nitrogens with one attached hydrogen (secondary N) is 1. The van der Waals surface area contributed by atoms with Crippen molar-refractivity contribution in [3.63, 3.8) is 0 Å². The molecule has 3 heteroatoms. The molecule has 1 aromatic heterocycles. The van der Waals surface area contributed by atoms with Gasteiger partial charge in [0.1, 0.15) is 5.82 Å². The first-order valence-electron chi connectivity index (χ1n) is 3.24. The van der Waals surface area contributed by atoms with Gasteiger partial charge in [-0.25, -0.2) is 4.98 Å². The molecule has 0 aliphatic carbocycles. The Balaban J connectivity index is 2.96. The van der Waals surface area contributed by atoms with Crippen LogP contribution in [0.5, 0.6) is 5.88 Å². The topological polar surface area (TPSA) is 48.9 Å². The first-order valence-corrected chi connectivity index (χ1v) is 3.24. The van der Waals surface area contributed by atoms with Gasteiger partial charge in [-0.15, -0.1) is 0 Å². The number of rotatable bonds is 0. The van der Waals surface area contributed by atoms with Gasteiger partial charge in [0.05, 0.1) is 6.20 Å². The molecule has 0 radical (unpaired) electrons. The number of H-pyrrole nitrogens is 1. The highest BCUT2D eigenvalue weighted by Crippen LogP contribution is 2.19. The summed E-state index contributed by atoms with van der Waals surface area (Å²) in [7, 11) is 0. The van der Waals surface area contributed by atoms with Crippen LogP contribution in [0.25, 0.3) is 0 Å². The van der Waals surface area contributed by atoms with E-state index in [-0.39, 0.29) is 11.3 Å². The fraction of sp³-hybridized carbons (Fsp3) is 0.571. The van der Waals surface area contributed by atoms with Crippen molar-refractivity contribution in [3.8, 4) is 5.88 Å². The zero-order chi connectivity index (χ0) is 7.78. The molecule has 0 atom stereocenters. The van der Waals surface area contributed by atoms with E-state index in [2.05, 4.69) is 9.97 Å². The summed E-state index contributed by atoms with van der Waals surface area (Å²) in [6, 6.07) is 0. The van der Waals surface area contributed by atoms with Crippen molar-refractivity contribution in [3.05, 3.63) is 12.0 Å². The highest BCUT2D eigenvalue weighted by molar-refractivity contribution is 5.10. The second-order valence-electron chi connectivity index (χ2n) is 3.37. The van der Waals surface area contributed by atoms with Crippen LogP contribution in [0.3, 0.4) is 0 Å². The molecular formula is C7H12N2O. The number of hydrogen-bond acceptors (Lipinski definition) is 2. The van der Waals surface area contributed by atoms with E-state index in [1.165, 1.54) is 6.20 Å². The molecule has 0 aromatic carbocycles. The van der Waals surface area contributed by atoms with E-state index < -0.39 is 0 Å². The molecule has 0 fully saturated rings. The predicted molar refractivity (Wildman–Crippen MR) is 39.0 cm³/mol. The van der Waals surface area contributed by atoms with Gasteiger partial charge in [0, 0.05) is 5.41 Å². The van der Waals surface area contributed by atoms with Crippen LogP contribution in [0, 0.1) is 0 Å². The molecule has 1 aromatic rings. The molecule has 10 heavy (non-hydrogen) atoms. The summed E-state index contributed by atoms with van der Waals surface area (Å²) < 4.78 is 0. The van der Waals surface area contributed by atoms with Crippen LogP contribution in [-0.2, 0) is 5.41 Å². The zero-order valence-electron chi connectivity index (χ0n) is 6.47. The third kappa shape index (κ3) is 1.29. The van der Waals surface area contributed by atoms with Gasteiger partial charge in [0.2, 0.25) is 5.88 Å². The number of hydrogen-bond donors (Lipinski definition) is 2. The summed E-state index contributed by atoms with van der Waals surface area (Å²) in [6.45, 7) is 6.10. The summed E-state index contributed by atoms with van der Waals surface area (Å²) in [6.07, 6.45) is 1.42. The monoisotopic (exact) mass is 140 g/mol. The SMILES string of the molecule is CC(C)(C)c1ncc(O)[nH]1. The van der Waals surface area contributed by atoms with E-state index in [0.29, 0.717) is 0 Å². The van der Waals surface area contributed by atoms with Gasteiger partial charge in [-0.05, 0) is 0 Å². The summed E-state index contributed by atoms with van der Waals surface area (Å²) in [4.78, 5) is 6.74. The lowest BCUT2D eigenvalue weighted by molar-refractivity contribution is 0.450. The minimum atomic E-state index is -0.0129. The first kappa shape index (κ1) is 7.12. The molecule has 0 aliphatic rings. The lowest BCUT2D eigenvalue weighted by Gasteiger charge is -2.13. The molecule has 3 nitrogen and oxygen atoms in total. The molecular weight excluding hydrogens is 128 g/mol. The van der Waals surface area contributed by atoms with Crippen molar-refractivity contribution in [1.29, 1.82) is 0 Å². The maximum Gasteiger partial charge on any atom is 0.208 e. The molecule has 1 rings (SSSR count). The van der Waals surface area contributed by atoms with Crippen LogP contribution in [-0.4, -0.2) is 15.1 Å². The van der Waals surface area contributed by atoms with Gasteiger partial charge >= 0.3 is 0 Å². The Morgan fingerprint density at radius 3 is 2.30 bits per heavy atom. The van der Waals surface area contributed by atoms with Crippen LogP contribution < -0.4 is 0 Å². The van der Waals surface area contributed by atoms with E-state index in [4.69, 9.17) is 5.11 Å². The quantitative estimate of drug-likeness (QED) is 0.572. The molecule has 0 amide bonds. The Labute approximate surface area is 60.1 Å². The van der Waals surface area contributed by atoms with E-state index in [0.717, 1.165) is 5.82 Å². The average molecular weight is 140 g/mol. The molecule has 2 N–H and O–H groups in total. The normalized spacial score (nSPS) is 11.9. The second-order valence-corrected chi connectivity index (χ2v) is 3.37. The maximum absolute atomic E-state index is 8.90. The molecule has 0 saturated heterocycles. The highest BCUT2D eigenvalue weighted by Gasteiger charge is 2.16. The highest BCUT2D eigenvalue weighted by atomic mass is 16.3. The third-order valence-corrected chi connectivity index (χ3v) is 1.27. The lowest BCUT2D eigenvalue weighted by Crippen LogP contribution is -2.12. The molecule has 0 bridgehead atoms.